The Balaban J connectivity index is 1.06. The van der Waals surface area contributed by atoms with E-state index in [0.29, 0.717) is 67.1 Å². The van der Waals surface area contributed by atoms with Gasteiger partial charge < -0.3 is 60.5 Å². The van der Waals surface area contributed by atoms with Gasteiger partial charge in [0.05, 0.1) is 11.8 Å². The number of benzene rings is 8. The number of fused-ring (bicyclic) bond motifs is 3. The third kappa shape index (κ3) is 7.28. The smallest absolute Gasteiger partial charge is 0.135 e. The molecule has 3 aliphatic rings. The average molecular weight is 907 g/mol. The number of hydrogen-bond donors (Lipinski definition) is 10. The molecule has 8 aromatic rings. The Hall–Kier alpha value is -8.90. The summed E-state index contributed by atoms with van der Waals surface area (Å²) in [6, 6.07) is 40.5. The SMILES string of the molecule is Oc1ccc([C@@H]2c3c(O)cc(O)cc3C(=Cc3ccc4c(c3)[C@H](c3cc(O)cc(O)c3)[C@@H](c3ccc5c(c3)[C@H](c3cc(O)cc(O)c3)[C@@H](c3ccc(O)cc3)O5)O4)[C@H]2c2cc(O)cc(O)c2)cc1. The van der Waals surface area contributed by atoms with Gasteiger partial charge in [0.2, 0.25) is 0 Å². The molecule has 0 unspecified atom stereocenters. The number of phenols is 10. The van der Waals surface area contributed by atoms with Crippen molar-refractivity contribution < 1.29 is 60.5 Å². The van der Waals surface area contributed by atoms with Crippen LogP contribution in [0.15, 0.2) is 152 Å². The van der Waals surface area contributed by atoms with Crippen molar-refractivity contribution in [1.29, 1.82) is 0 Å². The van der Waals surface area contributed by atoms with Crippen molar-refractivity contribution in [1.82, 2.24) is 0 Å². The van der Waals surface area contributed by atoms with Gasteiger partial charge in [-0.1, -0.05) is 42.5 Å². The maximum absolute atomic E-state index is 11.5. The van der Waals surface area contributed by atoms with Crippen LogP contribution in [0.25, 0.3) is 11.6 Å². The van der Waals surface area contributed by atoms with E-state index in [2.05, 4.69) is 0 Å². The second-order valence-corrected chi connectivity index (χ2v) is 17.6. The lowest BCUT2D eigenvalue weighted by Gasteiger charge is -2.24. The third-order valence-corrected chi connectivity index (χ3v) is 13.3. The first-order chi connectivity index (χ1) is 32.7. The predicted octanol–water partition coefficient (Wildman–Crippen LogP) is 10.7. The highest BCUT2D eigenvalue weighted by atomic mass is 16.5. The highest BCUT2D eigenvalue weighted by molar-refractivity contribution is 5.93. The molecule has 0 spiro atoms. The van der Waals surface area contributed by atoms with E-state index >= 15 is 0 Å². The van der Waals surface area contributed by atoms with Gasteiger partial charge in [0.25, 0.3) is 0 Å². The van der Waals surface area contributed by atoms with E-state index in [-0.39, 0.29) is 57.5 Å². The molecule has 0 saturated carbocycles. The van der Waals surface area contributed by atoms with E-state index in [0.717, 1.165) is 11.1 Å². The quantitative estimate of drug-likeness (QED) is 0.0722. The molecule has 338 valence electrons. The molecule has 6 atom stereocenters. The van der Waals surface area contributed by atoms with Gasteiger partial charge in [-0.3, -0.25) is 0 Å². The van der Waals surface area contributed by atoms with Gasteiger partial charge in [-0.25, -0.2) is 0 Å². The van der Waals surface area contributed by atoms with E-state index < -0.39 is 35.9 Å². The second kappa shape index (κ2) is 15.9. The summed E-state index contributed by atoms with van der Waals surface area (Å²) in [5, 5.41) is 107. The first-order valence-corrected chi connectivity index (χ1v) is 21.8. The summed E-state index contributed by atoms with van der Waals surface area (Å²) in [6.07, 6.45) is 0.581. The zero-order valence-corrected chi connectivity index (χ0v) is 35.8. The molecule has 10 N–H and O–H groups in total. The lowest BCUT2D eigenvalue weighted by Crippen LogP contribution is -2.13. The normalized spacial score (nSPS) is 20.6. The van der Waals surface area contributed by atoms with Crippen LogP contribution in [0.4, 0.5) is 0 Å². The summed E-state index contributed by atoms with van der Waals surface area (Å²) in [4.78, 5) is 0. The Morgan fingerprint density at radius 2 is 0.750 bits per heavy atom. The average Bonchev–Trinajstić information content (AvgIpc) is 3.96. The van der Waals surface area contributed by atoms with Crippen molar-refractivity contribution in [3.63, 3.8) is 0 Å². The van der Waals surface area contributed by atoms with Crippen LogP contribution in [-0.4, -0.2) is 51.1 Å². The summed E-state index contributed by atoms with van der Waals surface area (Å²) < 4.78 is 13.4. The largest absolute Gasteiger partial charge is 0.508 e. The Labute approximate surface area is 388 Å². The minimum absolute atomic E-state index is 0.0422. The molecule has 0 radical (unpaired) electrons. The van der Waals surface area contributed by atoms with Gasteiger partial charge in [-0.05, 0) is 141 Å². The topological polar surface area (TPSA) is 221 Å². The van der Waals surface area contributed by atoms with E-state index in [4.69, 9.17) is 9.47 Å². The van der Waals surface area contributed by atoms with Crippen molar-refractivity contribution in [2.45, 2.75) is 35.9 Å². The molecule has 2 heterocycles. The Morgan fingerprint density at radius 3 is 1.28 bits per heavy atom. The highest BCUT2D eigenvalue weighted by Gasteiger charge is 2.44. The predicted molar refractivity (Wildman–Crippen MR) is 251 cm³/mol. The molecular weight excluding hydrogens is 865 g/mol. The molecule has 2 aliphatic heterocycles. The van der Waals surface area contributed by atoms with Crippen LogP contribution < -0.4 is 9.47 Å². The number of phenolic OH excluding ortho intramolecular Hbond substituents is 10. The first kappa shape index (κ1) is 41.8. The van der Waals surface area contributed by atoms with Crippen LogP contribution in [0.2, 0.25) is 0 Å². The lowest BCUT2D eigenvalue weighted by molar-refractivity contribution is 0.221. The van der Waals surface area contributed by atoms with Crippen LogP contribution in [-0.2, 0) is 0 Å². The van der Waals surface area contributed by atoms with Crippen molar-refractivity contribution in [2.24, 2.45) is 0 Å². The van der Waals surface area contributed by atoms with Gasteiger partial charge >= 0.3 is 0 Å². The fraction of sp³-hybridized carbons (Fsp3) is 0.107. The molecule has 0 saturated heterocycles. The maximum atomic E-state index is 11.5. The fourth-order valence-corrected chi connectivity index (χ4v) is 10.6. The van der Waals surface area contributed by atoms with E-state index in [1.54, 1.807) is 91.0 Å². The molecule has 11 rings (SSSR count). The number of ether oxygens (including phenoxy) is 2. The molecule has 1 aliphatic carbocycles. The molecule has 12 heteroatoms. The van der Waals surface area contributed by atoms with Crippen molar-refractivity contribution in [2.75, 3.05) is 0 Å². The molecule has 8 aromatic carbocycles. The van der Waals surface area contributed by atoms with Crippen LogP contribution in [0.3, 0.4) is 0 Å². The maximum Gasteiger partial charge on any atom is 0.135 e. The van der Waals surface area contributed by atoms with E-state index in [1.165, 1.54) is 24.3 Å². The Morgan fingerprint density at radius 1 is 0.324 bits per heavy atom. The highest BCUT2D eigenvalue weighted by Crippen LogP contribution is 2.60. The Kier molecular flexibility index (Phi) is 9.78. The van der Waals surface area contributed by atoms with E-state index in [9.17, 15) is 51.1 Å². The number of hydrogen-bond acceptors (Lipinski definition) is 12. The molecule has 68 heavy (non-hydrogen) atoms. The van der Waals surface area contributed by atoms with E-state index in [1.807, 2.05) is 42.5 Å². The van der Waals surface area contributed by atoms with Crippen molar-refractivity contribution in [3.8, 4) is 69.0 Å². The summed E-state index contributed by atoms with van der Waals surface area (Å²) in [7, 11) is 0. The summed E-state index contributed by atoms with van der Waals surface area (Å²) in [5.74, 6) is -2.46. The van der Waals surface area contributed by atoms with Gasteiger partial charge in [-0.2, -0.15) is 0 Å². The Bertz CT molecular complexity index is 3280. The van der Waals surface area contributed by atoms with Crippen molar-refractivity contribution in [3.05, 3.63) is 213 Å². The minimum Gasteiger partial charge on any atom is -0.508 e. The molecule has 0 bridgehead atoms. The number of aromatic hydroxyl groups is 10. The van der Waals surface area contributed by atoms with Crippen LogP contribution in [0, 0.1) is 0 Å². The molecule has 0 amide bonds. The van der Waals surface area contributed by atoms with Gasteiger partial charge in [0, 0.05) is 52.8 Å². The third-order valence-electron chi connectivity index (χ3n) is 13.3. The fourth-order valence-electron chi connectivity index (χ4n) is 10.6. The van der Waals surface area contributed by atoms with Gasteiger partial charge in [0.15, 0.2) is 0 Å². The van der Waals surface area contributed by atoms with Crippen LogP contribution >= 0.6 is 0 Å². The number of allylic oxidation sites excluding steroid dienone is 1. The molecule has 0 fully saturated rings. The van der Waals surface area contributed by atoms with Gasteiger partial charge in [0.1, 0.15) is 81.2 Å². The van der Waals surface area contributed by atoms with Crippen molar-refractivity contribution >= 4 is 11.6 Å². The molecule has 12 nitrogen and oxygen atoms in total. The summed E-state index contributed by atoms with van der Waals surface area (Å²) in [6.45, 7) is 0. The summed E-state index contributed by atoms with van der Waals surface area (Å²) >= 11 is 0. The second-order valence-electron chi connectivity index (χ2n) is 17.6. The van der Waals surface area contributed by atoms with Gasteiger partial charge in [-0.15, -0.1) is 0 Å². The lowest BCUT2D eigenvalue weighted by atomic mass is 9.79. The molecular formula is C56H42O12. The minimum atomic E-state index is -0.728. The monoisotopic (exact) mass is 906 g/mol. The zero-order valence-electron chi connectivity index (χ0n) is 35.8. The summed E-state index contributed by atoms with van der Waals surface area (Å²) in [5.41, 5.74) is 7.63. The molecule has 0 aromatic heterocycles. The van der Waals surface area contributed by atoms with Crippen LogP contribution in [0.5, 0.6) is 69.0 Å². The first-order valence-electron chi connectivity index (χ1n) is 21.8. The standard InChI is InChI=1S/C56H42O12/c57-34-7-2-28(3-8-34)53-50(31-15-36(59)22-37(60)16-31)43(44-25-42(65)26-47(66)54(44)53)13-27-1-11-48-45(14-27)51(32-17-38(61)23-39(62)18-32)56(68-48)30-6-12-49-46(21-30)52(33-19-40(63)24-41(64)20-33)55(67-49)29-4-9-35(58)10-5-29/h1-26,50-53,55-66H/t50-,51+,52+,53+,55-,56-/m1/s1. The zero-order chi connectivity index (χ0) is 47.1. The number of rotatable bonds is 7. The van der Waals surface area contributed by atoms with Crippen LogP contribution in [0.1, 0.15) is 97.1 Å².